The number of carbonyl (C=O) groups excluding carboxylic acids is 1. The van der Waals surface area contributed by atoms with Crippen LogP contribution >= 0.6 is 11.3 Å². The molecule has 0 saturated heterocycles. The van der Waals surface area contributed by atoms with Crippen LogP contribution in [-0.2, 0) is 4.79 Å². The molecule has 0 aliphatic rings. The Kier molecular flexibility index (Phi) is 5.15. The molecule has 0 bridgehead atoms. The fourth-order valence-corrected chi connectivity index (χ4v) is 3.15. The summed E-state index contributed by atoms with van der Waals surface area (Å²) >= 11 is 1.32. The van der Waals surface area contributed by atoms with E-state index in [0.29, 0.717) is 10.9 Å². The second-order valence-corrected chi connectivity index (χ2v) is 6.28. The average molecular weight is 365 g/mol. The van der Waals surface area contributed by atoms with E-state index in [1.807, 2.05) is 18.2 Å². The fraction of sp³-hybridized carbons (Fsp3) is 0.105. The van der Waals surface area contributed by atoms with Crippen LogP contribution in [0.25, 0.3) is 16.3 Å². The Bertz CT molecular complexity index is 1020. The molecule has 2 aromatic carbocycles. The van der Waals surface area contributed by atoms with Gasteiger partial charge < -0.3 is 9.47 Å². The molecular formula is C19H15N3O3S. The summed E-state index contributed by atoms with van der Waals surface area (Å²) in [7, 11) is 3.17. The molecule has 0 unspecified atom stereocenters. The van der Waals surface area contributed by atoms with E-state index in [-0.39, 0.29) is 5.57 Å². The van der Waals surface area contributed by atoms with Crippen molar-refractivity contribution < 1.29 is 14.3 Å². The summed E-state index contributed by atoms with van der Waals surface area (Å²) in [5, 5.41) is 12.4. The quantitative estimate of drug-likeness (QED) is 0.548. The first-order valence-corrected chi connectivity index (χ1v) is 8.46. The van der Waals surface area contributed by atoms with E-state index in [1.54, 1.807) is 44.6 Å². The predicted molar refractivity (Wildman–Crippen MR) is 101 cm³/mol. The summed E-state index contributed by atoms with van der Waals surface area (Å²) < 4.78 is 11.2. The van der Waals surface area contributed by atoms with Crippen molar-refractivity contribution in [3.05, 3.63) is 53.6 Å². The zero-order valence-corrected chi connectivity index (χ0v) is 15.0. The molecule has 3 aromatic rings. The van der Waals surface area contributed by atoms with Gasteiger partial charge in [0.05, 0.1) is 24.4 Å². The van der Waals surface area contributed by atoms with Crippen LogP contribution in [0.4, 0.5) is 5.13 Å². The van der Waals surface area contributed by atoms with Crippen molar-refractivity contribution in [1.82, 2.24) is 4.98 Å². The van der Waals surface area contributed by atoms with Gasteiger partial charge in [-0.3, -0.25) is 10.1 Å². The van der Waals surface area contributed by atoms with Gasteiger partial charge in [-0.25, -0.2) is 4.98 Å². The van der Waals surface area contributed by atoms with Crippen molar-refractivity contribution in [2.75, 3.05) is 19.5 Å². The number of hydrogen-bond acceptors (Lipinski definition) is 6. The van der Waals surface area contributed by atoms with Crippen LogP contribution in [0.1, 0.15) is 5.56 Å². The number of methoxy groups -OCH3 is 2. The number of aromatic nitrogens is 1. The van der Waals surface area contributed by atoms with Crippen molar-refractivity contribution >= 4 is 38.7 Å². The Hall–Kier alpha value is -3.37. The zero-order valence-electron chi connectivity index (χ0n) is 14.1. The van der Waals surface area contributed by atoms with Crippen LogP contribution in [0.3, 0.4) is 0 Å². The smallest absolute Gasteiger partial charge is 0.268 e. The fourth-order valence-electron chi connectivity index (χ4n) is 2.27. The first kappa shape index (κ1) is 17.5. The summed E-state index contributed by atoms with van der Waals surface area (Å²) in [4.78, 5) is 16.7. The van der Waals surface area contributed by atoms with E-state index < -0.39 is 5.91 Å². The van der Waals surface area contributed by atoms with Gasteiger partial charge in [0.25, 0.3) is 5.91 Å². The summed E-state index contributed by atoms with van der Waals surface area (Å²) in [6.07, 6.45) is 1.52. The molecule has 26 heavy (non-hydrogen) atoms. The molecule has 0 fully saturated rings. The third kappa shape index (κ3) is 3.82. The molecule has 0 aliphatic carbocycles. The minimum atomic E-state index is -0.505. The highest BCUT2D eigenvalue weighted by atomic mass is 32.1. The highest BCUT2D eigenvalue weighted by Gasteiger charge is 2.13. The van der Waals surface area contributed by atoms with Gasteiger partial charge in [0.15, 0.2) is 5.13 Å². The largest absolute Gasteiger partial charge is 0.497 e. The van der Waals surface area contributed by atoms with Crippen LogP contribution in [0.5, 0.6) is 11.5 Å². The van der Waals surface area contributed by atoms with Crippen LogP contribution < -0.4 is 14.8 Å². The average Bonchev–Trinajstić information content (AvgIpc) is 3.07. The van der Waals surface area contributed by atoms with Crippen LogP contribution in [0, 0.1) is 11.3 Å². The Morgan fingerprint density at radius 1 is 1.15 bits per heavy atom. The third-order valence-electron chi connectivity index (χ3n) is 3.61. The first-order chi connectivity index (χ1) is 12.6. The Morgan fingerprint density at radius 3 is 2.50 bits per heavy atom. The minimum absolute atomic E-state index is 0.00740. The van der Waals surface area contributed by atoms with Crippen LogP contribution in [-0.4, -0.2) is 25.1 Å². The SMILES string of the molecule is COc1ccc(/C=C(/C#N)C(=O)Nc2nc3ccc(OC)cc3s2)cc1. The molecule has 1 heterocycles. The number of amides is 1. The molecule has 1 aromatic heterocycles. The first-order valence-electron chi connectivity index (χ1n) is 7.64. The van der Waals surface area contributed by atoms with Gasteiger partial charge in [-0.1, -0.05) is 23.5 Å². The lowest BCUT2D eigenvalue weighted by molar-refractivity contribution is -0.112. The lowest BCUT2D eigenvalue weighted by Crippen LogP contribution is -2.13. The number of benzene rings is 2. The minimum Gasteiger partial charge on any atom is -0.497 e. The molecule has 0 aliphatic heterocycles. The molecule has 6 nitrogen and oxygen atoms in total. The number of ether oxygens (including phenoxy) is 2. The van der Waals surface area contributed by atoms with Crippen molar-refractivity contribution in [1.29, 1.82) is 5.26 Å². The molecule has 3 rings (SSSR count). The van der Waals surface area contributed by atoms with Crippen LogP contribution in [0.15, 0.2) is 48.0 Å². The maximum atomic E-state index is 12.4. The highest BCUT2D eigenvalue weighted by molar-refractivity contribution is 7.22. The lowest BCUT2D eigenvalue weighted by Gasteiger charge is -2.01. The number of anilines is 1. The Balaban J connectivity index is 1.80. The molecule has 1 N–H and O–H groups in total. The predicted octanol–water partition coefficient (Wildman–Crippen LogP) is 3.86. The normalized spacial score (nSPS) is 11.0. The number of carbonyl (C=O) groups is 1. The maximum Gasteiger partial charge on any atom is 0.268 e. The van der Waals surface area contributed by atoms with E-state index in [0.717, 1.165) is 21.5 Å². The van der Waals surface area contributed by atoms with Crippen LogP contribution in [0.2, 0.25) is 0 Å². The van der Waals surface area contributed by atoms with Gasteiger partial charge in [0.2, 0.25) is 0 Å². The van der Waals surface area contributed by atoms with Gasteiger partial charge in [0, 0.05) is 0 Å². The molecule has 0 spiro atoms. The molecule has 130 valence electrons. The monoisotopic (exact) mass is 365 g/mol. The summed E-state index contributed by atoms with van der Waals surface area (Å²) in [6, 6.07) is 14.5. The standard InChI is InChI=1S/C19H15N3O3S/c1-24-14-5-3-12(4-6-14)9-13(11-20)18(23)22-19-21-16-8-7-15(25-2)10-17(16)26-19/h3-10H,1-2H3,(H,21,22,23)/b13-9-. The van der Waals surface area contributed by atoms with E-state index in [4.69, 9.17) is 9.47 Å². The number of fused-ring (bicyclic) bond motifs is 1. The Labute approximate surface area is 154 Å². The van der Waals surface area contributed by atoms with Gasteiger partial charge in [0.1, 0.15) is 23.1 Å². The molecule has 7 heteroatoms. The number of hydrogen-bond donors (Lipinski definition) is 1. The third-order valence-corrected chi connectivity index (χ3v) is 4.54. The molecule has 0 saturated carbocycles. The summed E-state index contributed by atoms with van der Waals surface area (Å²) in [5.41, 5.74) is 1.47. The summed E-state index contributed by atoms with van der Waals surface area (Å²) in [5.74, 6) is 0.917. The molecule has 0 radical (unpaired) electrons. The molecule has 1 amide bonds. The highest BCUT2D eigenvalue weighted by Crippen LogP contribution is 2.29. The lowest BCUT2D eigenvalue weighted by atomic mass is 10.1. The van der Waals surface area contributed by atoms with E-state index >= 15 is 0 Å². The topological polar surface area (TPSA) is 84.2 Å². The van der Waals surface area contributed by atoms with Gasteiger partial charge in [-0.15, -0.1) is 0 Å². The Morgan fingerprint density at radius 2 is 1.85 bits per heavy atom. The number of thiazole rings is 1. The number of nitrogens with one attached hydrogen (secondary N) is 1. The van der Waals surface area contributed by atoms with Crippen molar-refractivity contribution in [2.24, 2.45) is 0 Å². The van der Waals surface area contributed by atoms with Gasteiger partial charge in [-0.2, -0.15) is 5.26 Å². The van der Waals surface area contributed by atoms with E-state index in [9.17, 15) is 10.1 Å². The zero-order chi connectivity index (χ0) is 18.5. The molecule has 0 atom stereocenters. The number of nitrogens with zero attached hydrogens (tertiary/aromatic N) is 2. The van der Waals surface area contributed by atoms with Crippen molar-refractivity contribution in [3.8, 4) is 17.6 Å². The van der Waals surface area contributed by atoms with Crippen molar-refractivity contribution in [3.63, 3.8) is 0 Å². The number of nitriles is 1. The maximum absolute atomic E-state index is 12.4. The van der Waals surface area contributed by atoms with E-state index in [2.05, 4.69) is 10.3 Å². The molecular weight excluding hydrogens is 350 g/mol. The van der Waals surface area contributed by atoms with Gasteiger partial charge in [-0.05, 0) is 42.0 Å². The van der Waals surface area contributed by atoms with Crippen molar-refractivity contribution in [2.45, 2.75) is 0 Å². The second-order valence-electron chi connectivity index (χ2n) is 5.25. The summed E-state index contributed by atoms with van der Waals surface area (Å²) in [6.45, 7) is 0. The van der Waals surface area contributed by atoms with E-state index in [1.165, 1.54) is 17.4 Å². The van der Waals surface area contributed by atoms with Gasteiger partial charge >= 0.3 is 0 Å². The number of rotatable bonds is 5. The second kappa shape index (κ2) is 7.68.